The van der Waals surface area contributed by atoms with Gasteiger partial charge in [0.1, 0.15) is 0 Å². The second-order valence-corrected chi connectivity index (χ2v) is 3.14. The number of nitrogens with two attached hydrogens (primary N) is 1. The summed E-state index contributed by atoms with van der Waals surface area (Å²) in [6.45, 7) is 1.80. The smallest absolute Gasteiger partial charge is 0.224 e. The fraction of sp³-hybridized carbons (Fsp3) is 0.750. The van der Waals surface area contributed by atoms with Crippen LogP contribution in [0, 0.1) is 5.92 Å². The van der Waals surface area contributed by atoms with Gasteiger partial charge in [0.15, 0.2) is 0 Å². The van der Waals surface area contributed by atoms with Crippen molar-refractivity contribution in [2.75, 3.05) is 14.1 Å². The van der Waals surface area contributed by atoms with Gasteiger partial charge in [-0.2, -0.15) is 0 Å². The molecular formula is C8H16N2O2. The molecule has 1 unspecified atom stereocenters. The Balaban J connectivity index is 3.79. The molecule has 0 heterocycles. The molecule has 0 aliphatic carbocycles. The minimum Gasteiger partial charge on any atom is -0.370 e. The number of nitrogens with zero attached hydrogens (tertiary/aromatic N) is 1. The predicted molar refractivity (Wildman–Crippen MR) is 46.3 cm³/mol. The Hall–Kier alpha value is -1.06. The fourth-order valence-corrected chi connectivity index (χ4v) is 0.923. The molecule has 0 radical (unpaired) electrons. The van der Waals surface area contributed by atoms with E-state index in [0.717, 1.165) is 0 Å². The molecule has 0 saturated heterocycles. The summed E-state index contributed by atoms with van der Waals surface area (Å²) >= 11 is 0. The summed E-state index contributed by atoms with van der Waals surface area (Å²) in [5, 5.41) is 0. The Labute approximate surface area is 72.7 Å². The van der Waals surface area contributed by atoms with E-state index in [-0.39, 0.29) is 24.2 Å². The molecule has 4 heteroatoms. The summed E-state index contributed by atoms with van der Waals surface area (Å²) in [5.41, 5.74) is 4.95. The number of primary amides is 1. The maximum Gasteiger partial charge on any atom is 0.224 e. The van der Waals surface area contributed by atoms with Crippen molar-refractivity contribution in [2.24, 2.45) is 11.7 Å². The van der Waals surface area contributed by atoms with Gasteiger partial charge in [-0.3, -0.25) is 9.59 Å². The number of amides is 2. The van der Waals surface area contributed by atoms with Gasteiger partial charge >= 0.3 is 0 Å². The molecule has 2 N–H and O–H groups in total. The van der Waals surface area contributed by atoms with Crippen LogP contribution in [0.1, 0.15) is 19.8 Å². The number of hydrogen-bond donors (Lipinski definition) is 1. The van der Waals surface area contributed by atoms with Crippen LogP contribution in [0.2, 0.25) is 0 Å². The third-order valence-electron chi connectivity index (χ3n) is 1.69. The van der Waals surface area contributed by atoms with E-state index in [0.29, 0.717) is 6.42 Å². The largest absolute Gasteiger partial charge is 0.370 e. The number of hydrogen-bond acceptors (Lipinski definition) is 2. The molecule has 0 aliphatic heterocycles. The Bertz CT molecular complexity index is 178. The minimum atomic E-state index is -0.353. The molecule has 0 aromatic rings. The molecule has 0 saturated carbocycles. The van der Waals surface area contributed by atoms with Gasteiger partial charge < -0.3 is 10.6 Å². The summed E-state index contributed by atoms with van der Waals surface area (Å²) in [6.07, 6.45) is 0.813. The van der Waals surface area contributed by atoms with E-state index in [2.05, 4.69) is 0 Å². The summed E-state index contributed by atoms with van der Waals surface area (Å²) in [6, 6.07) is 0. The number of rotatable bonds is 4. The van der Waals surface area contributed by atoms with E-state index < -0.39 is 0 Å². The van der Waals surface area contributed by atoms with Crippen LogP contribution in [0.5, 0.6) is 0 Å². The van der Waals surface area contributed by atoms with Gasteiger partial charge in [0, 0.05) is 26.4 Å². The lowest BCUT2D eigenvalue weighted by molar-refractivity contribution is -0.132. The Kier molecular flexibility index (Phi) is 4.33. The first-order chi connectivity index (χ1) is 5.45. The first kappa shape index (κ1) is 10.9. The molecule has 0 aliphatic rings. The quantitative estimate of drug-likeness (QED) is 0.647. The SMILES string of the molecule is CC(CCC(N)=O)C(=O)N(C)C. The molecule has 0 fully saturated rings. The zero-order chi connectivity index (χ0) is 9.72. The molecule has 70 valence electrons. The number of carbonyl (C=O) groups is 2. The van der Waals surface area contributed by atoms with Gasteiger partial charge in [0.05, 0.1) is 0 Å². The van der Waals surface area contributed by atoms with E-state index in [1.54, 1.807) is 21.0 Å². The average molecular weight is 172 g/mol. The third kappa shape index (κ3) is 3.95. The van der Waals surface area contributed by atoms with Crippen molar-refractivity contribution in [3.05, 3.63) is 0 Å². The summed E-state index contributed by atoms with van der Waals surface area (Å²) < 4.78 is 0. The van der Waals surface area contributed by atoms with Crippen molar-refractivity contribution >= 4 is 11.8 Å². The second kappa shape index (κ2) is 4.74. The summed E-state index contributed by atoms with van der Waals surface area (Å²) in [4.78, 5) is 23.1. The molecule has 1 atom stereocenters. The van der Waals surface area contributed by atoms with Crippen molar-refractivity contribution < 1.29 is 9.59 Å². The van der Waals surface area contributed by atoms with Crippen molar-refractivity contribution in [1.82, 2.24) is 4.90 Å². The van der Waals surface area contributed by atoms with E-state index in [1.807, 2.05) is 0 Å². The monoisotopic (exact) mass is 172 g/mol. The van der Waals surface area contributed by atoms with Crippen molar-refractivity contribution in [1.29, 1.82) is 0 Å². The molecule has 0 aromatic carbocycles. The third-order valence-corrected chi connectivity index (χ3v) is 1.69. The number of carbonyl (C=O) groups excluding carboxylic acids is 2. The van der Waals surface area contributed by atoms with Crippen LogP contribution in [-0.2, 0) is 9.59 Å². The molecule has 2 amide bonds. The van der Waals surface area contributed by atoms with Crippen molar-refractivity contribution in [3.63, 3.8) is 0 Å². The first-order valence-electron chi connectivity index (χ1n) is 3.94. The van der Waals surface area contributed by atoms with Gasteiger partial charge in [-0.1, -0.05) is 6.92 Å². The highest BCUT2D eigenvalue weighted by Gasteiger charge is 2.14. The van der Waals surface area contributed by atoms with Crippen LogP contribution in [0.4, 0.5) is 0 Å². The van der Waals surface area contributed by atoms with E-state index >= 15 is 0 Å². The van der Waals surface area contributed by atoms with Crippen LogP contribution in [0.3, 0.4) is 0 Å². The highest BCUT2D eigenvalue weighted by atomic mass is 16.2. The molecule has 12 heavy (non-hydrogen) atoms. The maximum atomic E-state index is 11.2. The summed E-state index contributed by atoms with van der Waals surface area (Å²) in [7, 11) is 3.40. The Morgan fingerprint density at radius 1 is 1.42 bits per heavy atom. The second-order valence-electron chi connectivity index (χ2n) is 3.14. The Morgan fingerprint density at radius 2 is 1.92 bits per heavy atom. The lowest BCUT2D eigenvalue weighted by Gasteiger charge is -2.15. The zero-order valence-corrected chi connectivity index (χ0v) is 7.83. The first-order valence-corrected chi connectivity index (χ1v) is 3.94. The van der Waals surface area contributed by atoms with Crippen molar-refractivity contribution in [3.8, 4) is 0 Å². The topological polar surface area (TPSA) is 63.4 Å². The van der Waals surface area contributed by atoms with Crippen LogP contribution in [0.15, 0.2) is 0 Å². The van der Waals surface area contributed by atoms with Gasteiger partial charge in [0.25, 0.3) is 0 Å². The minimum absolute atomic E-state index is 0.0382. The Morgan fingerprint density at radius 3 is 2.25 bits per heavy atom. The zero-order valence-electron chi connectivity index (χ0n) is 7.83. The van der Waals surface area contributed by atoms with Gasteiger partial charge in [-0.25, -0.2) is 0 Å². The predicted octanol–water partition coefficient (Wildman–Crippen LogP) is -0.0238. The van der Waals surface area contributed by atoms with Gasteiger partial charge in [0.2, 0.25) is 11.8 Å². The fourth-order valence-electron chi connectivity index (χ4n) is 0.923. The highest BCUT2D eigenvalue weighted by Crippen LogP contribution is 2.07. The maximum absolute atomic E-state index is 11.2. The van der Waals surface area contributed by atoms with E-state index in [4.69, 9.17) is 5.73 Å². The van der Waals surface area contributed by atoms with Crippen LogP contribution in [0.25, 0.3) is 0 Å². The van der Waals surface area contributed by atoms with Crippen LogP contribution < -0.4 is 5.73 Å². The van der Waals surface area contributed by atoms with Gasteiger partial charge in [-0.05, 0) is 6.42 Å². The lowest BCUT2D eigenvalue weighted by atomic mass is 10.0. The molecule has 0 spiro atoms. The van der Waals surface area contributed by atoms with Crippen LogP contribution in [-0.4, -0.2) is 30.8 Å². The van der Waals surface area contributed by atoms with Crippen LogP contribution >= 0.6 is 0 Å². The highest BCUT2D eigenvalue weighted by molar-refractivity contribution is 5.79. The molecule has 0 rings (SSSR count). The lowest BCUT2D eigenvalue weighted by Crippen LogP contribution is -2.28. The van der Waals surface area contributed by atoms with Crippen molar-refractivity contribution in [2.45, 2.75) is 19.8 Å². The standard InChI is InChI=1S/C8H16N2O2/c1-6(4-5-7(9)11)8(12)10(2)3/h6H,4-5H2,1-3H3,(H2,9,11). The molecule has 0 aromatic heterocycles. The molecule has 4 nitrogen and oxygen atoms in total. The molecule has 0 bridgehead atoms. The molecular weight excluding hydrogens is 156 g/mol. The normalized spacial score (nSPS) is 12.2. The van der Waals surface area contributed by atoms with Gasteiger partial charge in [-0.15, -0.1) is 0 Å². The average Bonchev–Trinajstić information content (AvgIpc) is 1.98. The van der Waals surface area contributed by atoms with E-state index in [1.165, 1.54) is 4.90 Å². The van der Waals surface area contributed by atoms with E-state index in [9.17, 15) is 9.59 Å². The summed E-state index contributed by atoms with van der Waals surface area (Å²) in [5.74, 6) is -0.433.